The van der Waals surface area contributed by atoms with Crippen molar-refractivity contribution in [2.24, 2.45) is 17.6 Å². The average Bonchev–Trinajstić information content (AvgIpc) is 2.49. The standard InChI is InChI=1S/C17H27NO3/c1-3-13(11-15(12-18)17(19)20)5-6-14-7-9-16(10-8-14)21-4-2/h7-10,13,15H,3-6,11-12,18H2,1-2H3,(H,19,20). The summed E-state index contributed by atoms with van der Waals surface area (Å²) in [5.74, 6) is 0.0934. The predicted molar refractivity (Wildman–Crippen MR) is 84.5 cm³/mol. The van der Waals surface area contributed by atoms with Gasteiger partial charge in [-0.05, 0) is 49.8 Å². The number of hydrogen-bond acceptors (Lipinski definition) is 3. The zero-order valence-electron chi connectivity index (χ0n) is 13.0. The van der Waals surface area contributed by atoms with Gasteiger partial charge in [-0.15, -0.1) is 0 Å². The first-order chi connectivity index (χ1) is 10.1. The molecular weight excluding hydrogens is 266 g/mol. The van der Waals surface area contributed by atoms with Crippen LogP contribution in [0.2, 0.25) is 0 Å². The van der Waals surface area contributed by atoms with Gasteiger partial charge < -0.3 is 15.6 Å². The normalized spacial score (nSPS) is 13.7. The zero-order valence-corrected chi connectivity index (χ0v) is 13.0. The van der Waals surface area contributed by atoms with Crippen LogP contribution in [0.15, 0.2) is 24.3 Å². The lowest BCUT2D eigenvalue weighted by molar-refractivity contribution is -0.142. The first-order valence-electron chi connectivity index (χ1n) is 7.75. The van der Waals surface area contributed by atoms with Crippen molar-refractivity contribution in [3.8, 4) is 5.75 Å². The Morgan fingerprint density at radius 3 is 2.43 bits per heavy atom. The summed E-state index contributed by atoms with van der Waals surface area (Å²) in [6, 6.07) is 8.13. The molecule has 4 heteroatoms. The highest BCUT2D eigenvalue weighted by molar-refractivity contribution is 5.70. The molecule has 0 aliphatic heterocycles. The second kappa shape index (κ2) is 9.40. The van der Waals surface area contributed by atoms with E-state index in [4.69, 9.17) is 15.6 Å². The number of carboxylic acids is 1. The van der Waals surface area contributed by atoms with Gasteiger partial charge in [-0.3, -0.25) is 4.79 Å². The molecule has 1 aromatic rings. The fraction of sp³-hybridized carbons (Fsp3) is 0.588. The minimum absolute atomic E-state index is 0.217. The Morgan fingerprint density at radius 1 is 1.29 bits per heavy atom. The quantitative estimate of drug-likeness (QED) is 0.695. The van der Waals surface area contributed by atoms with Gasteiger partial charge in [-0.25, -0.2) is 0 Å². The van der Waals surface area contributed by atoms with Crippen molar-refractivity contribution in [2.75, 3.05) is 13.2 Å². The molecular formula is C17H27NO3. The van der Waals surface area contributed by atoms with Gasteiger partial charge >= 0.3 is 5.97 Å². The highest BCUT2D eigenvalue weighted by Crippen LogP contribution is 2.22. The van der Waals surface area contributed by atoms with Crippen LogP contribution >= 0.6 is 0 Å². The van der Waals surface area contributed by atoms with Crippen LogP contribution in [0.3, 0.4) is 0 Å². The van der Waals surface area contributed by atoms with E-state index in [1.54, 1.807) is 0 Å². The van der Waals surface area contributed by atoms with Crippen LogP contribution in [0.5, 0.6) is 5.75 Å². The third kappa shape index (κ3) is 6.17. The summed E-state index contributed by atoms with van der Waals surface area (Å²) in [5.41, 5.74) is 6.80. The fourth-order valence-corrected chi connectivity index (χ4v) is 2.48. The van der Waals surface area contributed by atoms with Crippen molar-refractivity contribution in [1.82, 2.24) is 0 Å². The Hall–Kier alpha value is -1.55. The molecule has 1 rings (SSSR count). The van der Waals surface area contributed by atoms with Gasteiger partial charge in [0.25, 0.3) is 0 Å². The predicted octanol–water partition coefficient (Wildman–Crippen LogP) is 3.09. The van der Waals surface area contributed by atoms with Crippen LogP contribution in [-0.2, 0) is 11.2 Å². The number of nitrogens with two attached hydrogens (primary N) is 1. The summed E-state index contributed by atoms with van der Waals surface area (Å²) in [7, 11) is 0. The van der Waals surface area contributed by atoms with Crippen molar-refractivity contribution in [1.29, 1.82) is 0 Å². The molecule has 0 amide bonds. The van der Waals surface area contributed by atoms with Gasteiger partial charge in [-0.1, -0.05) is 25.5 Å². The number of carboxylic acid groups (broad SMARTS) is 1. The van der Waals surface area contributed by atoms with E-state index in [1.165, 1.54) is 5.56 Å². The lowest BCUT2D eigenvalue weighted by Gasteiger charge is -2.18. The zero-order chi connectivity index (χ0) is 15.7. The molecule has 0 aliphatic carbocycles. The molecule has 0 bridgehead atoms. The van der Waals surface area contributed by atoms with Gasteiger partial charge in [-0.2, -0.15) is 0 Å². The van der Waals surface area contributed by atoms with E-state index in [-0.39, 0.29) is 6.54 Å². The second-order valence-corrected chi connectivity index (χ2v) is 5.40. The van der Waals surface area contributed by atoms with Crippen LogP contribution in [0.25, 0.3) is 0 Å². The first kappa shape index (κ1) is 17.5. The summed E-state index contributed by atoms with van der Waals surface area (Å²) < 4.78 is 5.42. The Morgan fingerprint density at radius 2 is 1.95 bits per heavy atom. The molecule has 3 N–H and O–H groups in total. The molecule has 0 fully saturated rings. The Bertz CT molecular complexity index is 417. The van der Waals surface area contributed by atoms with E-state index >= 15 is 0 Å². The van der Waals surface area contributed by atoms with Gasteiger partial charge in [0.15, 0.2) is 0 Å². The molecule has 118 valence electrons. The number of benzene rings is 1. The maximum atomic E-state index is 11.1. The molecule has 0 aliphatic rings. The van der Waals surface area contributed by atoms with Crippen molar-refractivity contribution in [2.45, 2.75) is 39.5 Å². The third-order valence-electron chi connectivity index (χ3n) is 3.90. The van der Waals surface area contributed by atoms with E-state index < -0.39 is 11.9 Å². The first-order valence-corrected chi connectivity index (χ1v) is 7.75. The van der Waals surface area contributed by atoms with Gasteiger partial charge in [0.05, 0.1) is 12.5 Å². The molecule has 0 radical (unpaired) electrons. The highest BCUT2D eigenvalue weighted by atomic mass is 16.5. The lowest BCUT2D eigenvalue weighted by Crippen LogP contribution is -2.25. The fourth-order valence-electron chi connectivity index (χ4n) is 2.48. The molecule has 2 unspecified atom stereocenters. The Labute approximate surface area is 127 Å². The number of carbonyl (C=O) groups is 1. The van der Waals surface area contributed by atoms with E-state index in [0.717, 1.165) is 25.0 Å². The van der Waals surface area contributed by atoms with E-state index in [9.17, 15) is 4.79 Å². The molecule has 2 atom stereocenters. The molecule has 0 spiro atoms. The number of hydrogen-bond donors (Lipinski definition) is 2. The number of aliphatic carboxylic acids is 1. The summed E-state index contributed by atoms with van der Waals surface area (Å²) in [4.78, 5) is 11.1. The van der Waals surface area contributed by atoms with Crippen molar-refractivity contribution in [3.05, 3.63) is 29.8 Å². The van der Waals surface area contributed by atoms with Crippen LogP contribution in [0, 0.1) is 11.8 Å². The molecule has 0 saturated heterocycles. The maximum Gasteiger partial charge on any atom is 0.307 e. The molecule has 0 heterocycles. The minimum atomic E-state index is -0.781. The third-order valence-corrected chi connectivity index (χ3v) is 3.90. The lowest BCUT2D eigenvalue weighted by atomic mass is 9.88. The molecule has 4 nitrogen and oxygen atoms in total. The van der Waals surface area contributed by atoms with Crippen molar-refractivity contribution < 1.29 is 14.6 Å². The maximum absolute atomic E-state index is 11.1. The van der Waals surface area contributed by atoms with E-state index in [0.29, 0.717) is 18.9 Å². The number of aryl methyl sites for hydroxylation is 1. The molecule has 1 aromatic carbocycles. The van der Waals surface area contributed by atoms with Gasteiger partial charge in [0.1, 0.15) is 5.75 Å². The van der Waals surface area contributed by atoms with Crippen molar-refractivity contribution >= 4 is 5.97 Å². The molecule has 0 aromatic heterocycles. The summed E-state index contributed by atoms with van der Waals surface area (Å²) in [5, 5.41) is 9.09. The smallest absolute Gasteiger partial charge is 0.307 e. The summed E-state index contributed by atoms with van der Waals surface area (Å²) >= 11 is 0. The highest BCUT2D eigenvalue weighted by Gasteiger charge is 2.20. The van der Waals surface area contributed by atoms with Gasteiger partial charge in [0.2, 0.25) is 0 Å². The van der Waals surface area contributed by atoms with E-state index in [1.807, 2.05) is 19.1 Å². The van der Waals surface area contributed by atoms with Gasteiger partial charge in [0, 0.05) is 6.54 Å². The largest absolute Gasteiger partial charge is 0.494 e. The van der Waals surface area contributed by atoms with Crippen LogP contribution < -0.4 is 10.5 Å². The molecule has 0 saturated carbocycles. The monoisotopic (exact) mass is 293 g/mol. The van der Waals surface area contributed by atoms with Crippen LogP contribution in [0.1, 0.15) is 38.7 Å². The minimum Gasteiger partial charge on any atom is -0.494 e. The topological polar surface area (TPSA) is 72.5 Å². The van der Waals surface area contributed by atoms with Crippen molar-refractivity contribution in [3.63, 3.8) is 0 Å². The van der Waals surface area contributed by atoms with E-state index in [2.05, 4.69) is 19.1 Å². The summed E-state index contributed by atoms with van der Waals surface area (Å²) in [6.07, 6.45) is 3.61. The number of rotatable bonds is 10. The Kier molecular flexibility index (Phi) is 7.83. The average molecular weight is 293 g/mol. The Balaban J connectivity index is 2.48. The SMILES string of the molecule is CCOc1ccc(CCC(CC)CC(CN)C(=O)O)cc1. The van der Waals surface area contributed by atoms with Crippen LogP contribution in [-0.4, -0.2) is 24.2 Å². The second-order valence-electron chi connectivity index (χ2n) is 5.40. The van der Waals surface area contributed by atoms with Crippen LogP contribution in [0.4, 0.5) is 0 Å². The molecule has 21 heavy (non-hydrogen) atoms. The summed E-state index contributed by atoms with van der Waals surface area (Å²) in [6.45, 7) is 4.97. The number of ether oxygens (including phenoxy) is 1.